The predicted molar refractivity (Wildman–Crippen MR) is 117 cm³/mol. The molecule has 1 aromatic heterocycles. The highest BCUT2D eigenvalue weighted by Gasteiger charge is 2.25. The second kappa shape index (κ2) is 11.9. The van der Waals surface area contributed by atoms with Crippen molar-refractivity contribution in [2.24, 2.45) is 4.99 Å². The molecule has 2 aliphatic heterocycles. The molecule has 9 heteroatoms. The van der Waals surface area contributed by atoms with Crippen molar-refractivity contribution in [3.05, 3.63) is 24.2 Å². The number of aliphatic imine (C=N–C) groups is 1. The lowest BCUT2D eigenvalue weighted by molar-refractivity contribution is -0.127. The fourth-order valence-corrected chi connectivity index (χ4v) is 3.76. The standard InChI is InChI=1S/C21H36N6O3/c1-25(2)20(28)17-24-21(22-7-10-26-11-14-29-15-12-26)23-16-18(19-6-5-13-30-19)27-8-3-4-9-27/h5-6,13,18H,3-4,7-12,14-17H2,1-2H3,(H2,22,23,24). The lowest BCUT2D eigenvalue weighted by Gasteiger charge is -2.28. The molecule has 2 fully saturated rings. The van der Waals surface area contributed by atoms with Gasteiger partial charge in [-0.25, -0.2) is 4.99 Å². The Hall–Kier alpha value is -2.10. The van der Waals surface area contributed by atoms with Crippen LogP contribution in [-0.2, 0) is 9.53 Å². The minimum atomic E-state index is -0.0218. The molecule has 1 aromatic rings. The maximum Gasteiger partial charge on any atom is 0.243 e. The number of rotatable bonds is 9. The van der Waals surface area contributed by atoms with Crippen LogP contribution in [0.4, 0.5) is 0 Å². The van der Waals surface area contributed by atoms with Crippen LogP contribution in [0, 0.1) is 0 Å². The van der Waals surface area contributed by atoms with Crippen LogP contribution in [0.1, 0.15) is 24.6 Å². The summed E-state index contributed by atoms with van der Waals surface area (Å²) in [5.41, 5.74) is 0. The first-order chi connectivity index (χ1) is 14.6. The number of likely N-dealkylation sites (tertiary alicyclic amines) is 1. The molecule has 0 bridgehead atoms. The molecule has 0 spiro atoms. The van der Waals surface area contributed by atoms with Gasteiger partial charge in [0.15, 0.2) is 5.96 Å². The second-order valence-electron chi connectivity index (χ2n) is 7.99. The van der Waals surface area contributed by atoms with Crippen molar-refractivity contribution in [1.82, 2.24) is 25.3 Å². The van der Waals surface area contributed by atoms with E-state index >= 15 is 0 Å². The van der Waals surface area contributed by atoms with Gasteiger partial charge < -0.3 is 24.7 Å². The summed E-state index contributed by atoms with van der Waals surface area (Å²) in [5.74, 6) is 1.60. The van der Waals surface area contributed by atoms with Gasteiger partial charge in [-0.15, -0.1) is 0 Å². The fourth-order valence-electron chi connectivity index (χ4n) is 3.76. The summed E-state index contributed by atoms with van der Waals surface area (Å²) >= 11 is 0. The first-order valence-corrected chi connectivity index (χ1v) is 10.9. The third-order valence-corrected chi connectivity index (χ3v) is 5.61. The van der Waals surface area contributed by atoms with E-state index in [1.54, 1.807) is 25.3 Å². The molecule has 0 radical (unpaired) electrons. The van der Waals surface area contributed by atoms with Gasteiger partial charge in [-0.1, -0.05) is 0 Å². The van der Waals surface area contributed by atoms with E-state index in [1.807, 2.05) is 12.1 Å². The highest BCUT2D eigenvalue weighted by atomic mass is 16.5. The summed E-state index contributed by atoms with van der Waals surface area (Å²) in [4.78, 5) is 22.9. The number of guanidine groups is 1. The van der Waals surface area contributed by atoms with Gasteiger partial charge >= 0.3 is 0 Å². The molecule has 1 unspecified atom stereocenters. The minimum absolute atomic E-state index is 0.0218. The molecule has 2 aliphatic rings. The van der Waals surface area contributed by atoms with Crippen LogP contribution in [0.2, 0.25) is 0 Å². The zero-order valence-corrected chi connectivity index (χ0v) is 18.3. The third kappa shape index (κ3) is 7.00. The molecule has 3 rings (SSSR count). The van der Waals surface area contributed by atoms with Crippen molar-refractivity contribution in [2.75, 3.05) is 79.7 Å². The number of amides is 1. The summed E-state index contributed by atoms with van der Waals surface area (Å²) in [6, 6.07) is 4.12. The highest BCUT2D eigenvalue weighted by Crippen LogP contribution is 2.24. The van der Waals surface area contributed by atoms with Gasteiger partial charge in [0.1, 0.15) is 12.3 Å². The van der Waals surface area contributed by atoms with Crippen molar-refractivity contribution in [3.8, 4) is 0 Å². The van der Waals surface area contributed by atoms with E-state index in [-0.39, 0.29) is 18.5 Å². The summed E-state index contributed by atoms with van der Waals surface area (Å²) < 4.78 is 11.1. The van der Waals surface area contributed by atoms with Crippen molar-refractivity contribution < 1.29 is 13.9 Å². The highest BCUT2D eigenvalue weighted by molar-refractivity contribution is 5.84. The number of carbonyl (C=O) groups is 1. The Morgan fingerprint density at radius 3 is 2.63 bits per heavy atom. The smallest absolute Gasteiger partial charge is 0.243 e. The van der Waals surface area contributed by atoms with Gasteiger partial charge in [0, 0.05) is 46.8 Å². The molecular formula is C21H36N6O3. The first-order valence-electron chi connectivity index (χ1n) is 10.9. The normalized spacial score (nSPS) is 19.6. The SMILES string of the molecule is CN(C)C(=O)CN=C(NCCN1CCOCC1)NCC(c1ccco1)N1CCCC1. The van der Waals surface area contributed by atoms with Crippen LogP contribution in [-0.4, -0.2) is 106 Å². The lowest BCUT2D eigenvalue weighted by atomic mass is 10.2. The molecule has 0 aliphatic carbocycles. The largest absolute Gasteiger partial charge is 0.468 e. The molecule has 3 heterocycles. The second-order valence-corrected chi connectivity index (χ2v) is 7.99. The van der Waals surface area contributed by atoms with E-state index in [0.717, 1.165) is 58.2 Å². The van der Waals surface area contributed by atoms with Gasteiger partial charge in [0.2, 0.25) is 5.91 Å². The first kappa shape index (κ1) is 22.6. The zero-order valence-electron chi connectivity index (χ0n) is 18.3. The van der Waals surface area contributed by atoms with E-state index in [1.165, 1.54) is 12.8 Å². The van der Waals surface area contributed by atoms with Gasteiger partial charge in [-0.2, -0.15) is 0 Å². The Labute approximate surface area is 179 Å². The van der Waals surface area contributed by atoms with Crippen LogP contribution in [0.15, 0.2) is 27.8 Å². The van der Waals surface area contributed by atoms with Gasteiger partial charge in [0.05, 0.1) is 25.5 Å². The molecule has 1 amide bonds. The predicted octanol–water partition coefficient (Wildman–Crippen LogP) is 0.372. The number of nitrogens with one attached hydrogen (secondary N) is 2. The molecule has 9 nitrogen and oxygen atoms in total. The number of hydrogen-bond donors (Lipinski definition) is 2. The summed E-state index contributed by atoms with van der Waals surface area (Å²) in [7, 11) is 3.49. The number of carbonyl (C=O) groups excluding carboxylic acids is 1. The van der Waals surface area contributed by atoms with E-state index in [0.29, 0.717) is 12.5 Å². The van der Waals surface area contributed by atoms with Gasteiger partial charge in [-0.3, -0.25) is 14.6 Å². The number of furan rings is 1. The summed E-state index contributed by atoms with van der Waals surface area (Å²) in [6.45, 7) is 8.10. The topological polar surface area (TPSA) is 85.6 Å². The molecule has 0 aromatic carbocycles. The quantitative estimate of drug-likeness (QED) is 0.441. The van der Waals surface area contributed by atoms with Crippen LogP contribution in [0.3, 0.4) is 0 Å². The number of nitrogens with zero attached hydrogens (tertiary/aromatic N) is 4. The Kier molecular flexibility index (Phi) is 8.98. The molecule has 0 saturated carbocycles. The van der Waals surface area contributed by atoms with Crippen molar-refractivity contribution in [1.29, 1.82) is 0 Å². The van der Waals surface area contributed by atoms with E-state index < -0.39 is 0 Å². The third-order valence-electron chi connectivity index (χ3n) is 5.61. The Morgan fingerprint density at radius 1 is 1.20 bits per heavy atom. The molecular weight excluding hydrogens is 384 g/mol. The molecule has 168 valence electrons. The molecule has 30 heavy (non-hydrogen) atoms. The zero-order chi connectivity index (χ0) is 21.2. The van der Waals surface area contributed by atoms with E-state index in [9.17, 15) is 4.79 Å². The van der Waals surface area contributed by atoms with Crippen molar-refractivity contribution >= 4 is 11.9 Å². The van der Waals surface area contributed by atoms with Crippen molar-refractivity contribution in [2.45, 2.75) is 18.9 Å². The maximum absolute atomic E-state index is 12.0. The Bertz CT molecular complexity index is 652. The summed E-state index contributed by atoms with van der Waals surface area (Å²) in [5, 5.41) is 6.83. The molecule has 2 N–H and O–H groups in total. The number of hydrogen-bond acceptors (Lipinski definition) is 6. The Balaban J connectivity index is 1.57. The van der Waals surface area contributed by atoms with Crippen LogP contribution in [0.25, 0.3) is 0 Å². The van der Waals surface area contributed by atoms with E-state index in [2.05, 4.69) is 25.4 Å². The average molecular weight is 421 g/mol. The van der Waals surface area contributed by atoms with Crippen LogP contribution >= 0.6 is 0 Å². The number of morpholine rings is 1. The van der Waals surface area contributed by atoms with Gasteiger partial charge in [-0.05, 0) is 38.1 Å². The van der Waals surface area contributed by atoms with E-state index in [4.69, 9.17) is 9.15 Å². The Morgan fingerprint density at radius 2 is 1.97 bits per heavy atom. The molecule has 1 atom stereocenters. The number of ether oxygens (including phenoxy) is 1. The number of likely N-dealkylation sites (N-methyl/N-ethyl adjacent to an activating group) is 1. The minimum Gasteiger partial charge on any atom is -0.468 e. The molecule has 2 saturated heterocycles. The van der Waals surface area contributed by atoms with Crippen LogP contribution < -0.4 is 10.6 Å². The maximum atomic E-state index is 12.0. The average Bonchev–Trinajstić information content (AvgIpc) is 3.47. The summed E-state index contributed by atoms with van der Waals surface area (Å²) in [6.07, 6.45) is 4.16. The fraction of sp³-hybridized carbons (Fsp3) is 0.714. The van der Waals surface area contributed by atoms with Gasteiger partial charge in [0.25, 0.3) is 0 Å². The lowest BCUT2D eigenvalue weighted by Crippen LogP contribution is -2.46. The van der Waals surface area contributed by atoms with Crippen LogP contribution in [0.5, 0.6) is 0 Å². The van der Waals surface area contributed by atoms with Crippen molar-refractivity contribution in [3.63, 3.8) is 0 Å². The monoisotopic (exact) mass is 420 g/mol.